The Morgan fingerprint density at radius 1 is 0.788 bits per heavy atom. The van der Waals surface area contributed by atoms with Gasteiger partial charge in [0, 0.05) is 24.3 Å². The van der Waals surface area contributed by atoms with E-state index in [1.165, 1.54) is 48.7 Å². The van der Waals surface area contributed by atoms with E-state index < -0.39 is 29.6 Å². The minimum Gasteiger partial charge on any atom is -0.459 e. The lowest BCUT2D eigenvalue weighted by Crippen LogP contribution is -2.34. The highest BCUT2D eigenvalue weighted by atomic mass is 19.4. The van der Waals surface area contributed by atoms with Crippen molar-refractivity contribution in [1.82, 2.24) is 10.6 Å². The molecule has 0 saturated carbocycles. The minimum atomic E-state index is -4.61. The molecule has 0 aliphatic carbocycles. The number of rotatable bonds is 7. The Kier molecular flexibility index (Phi) is 7.34. The Bertz CT molecular complexity index is 1110. The second-order valence-electron chi connectivity index (χ2n) is 6.69. The number of furan rings is 1. The molecule has 8 nitrogen and oxygen atoms in total. The molecular weight excluding hydrogens is 441 g/mol. The van der Waals surface area contributed by atoms with Crippen LogP contribution in [-0.2, 0) is 6.18 Å². The van der Waals surface area contributed by atoms with Gasteiger partial charge in [-0.25, -0.2) is 4.79 Å². The molecule has 4 N–H and O–H groups in total. The monoisotopic (exact) mass is 460 g/mol. The summed E-state index contributed by atoms with van der Waals surface area (Å²) in [5.74, 6) is -0.645. The number of halogens is 3. The molecule has 33 heavy (non-hydrogen) atoms. The third-order valence-electron chi connectivity index (χ3n) is 4.33. The van der Waals surface area contributed by atoms with Gasteiger partial charge in [-0.15, -0.1) is 0 Å². The van der Waals surface area contributed by atoms with Gasteiger partial charge in [0.15, 0.2) is 5.76 Å². The summed E-state index contributed by atoms with van der Waals surface area (Å²) in [5.41, 5.74) is -0.773. The normalized spacial score (nSPS) is 10.9. The Balaban J connectivity index is 1.47. The van der Waals surface area contributed by atoms with Gasteiger partial charge >= 0.3 is 12.2 Å². The lowest BCUT2D eigenvalue weighted by molar-refractivity contribution is -0.136. The highest BCUT2D eigenvalue weighted by Gasteiger charge is 2.33. The second-order valence-corrected chi connectivity index (χ2v) is 6.69. The Morgan fingerprint density at radius 3 is 2.09 bits per heavy atom. The molecule has 172 valence electrons. The third-order valence-corrected chi connectivity index (χ3v) is 4.33. The Morgan fingerprint density at radius 2 is 1.45 bits per heavy atom. The predicted molar refractivity (Wildman–Crippen MR) is 114 cm³/mol. The van der Waals surface area contributed by atoms with E-state index in [0.717, 1.165) is 12.1 Å². The molecule has 1 heterocycles. The van der Waals surface area contributed by atoms with Crippen molar-refractivity contribution in [2.24, 2.45) is 0 Å². The zero-order valence-corrected chi connectivity index (χ0v) is 17.0. The molecule has 0 radical (unpaired) electrons. The van der Waals surface area contributed by atoms with Gasteiger partial charge in [0.25, 0.3) is 11.8 Å². The number of hydrogen-bond donors (Lipinski definition) is 4. The van der Waals surface area contributed by atoms with Gasteiger partial charge in [0.1, 0.15) is 0 Å². The molecule has 0 aliphatic heterocycles. The van der Waals surface area contributed by atoms with Crippen molar-refractivity contribution in [2.75, 3.05) is 23.7 Å². The fraction of sp³-hybridized carbons (Fsp3) is 0.136. The number of carbonyl (C=O) groups is 3. The first-order valence-electron chi connectivity index (χ1n) is 9.68. The van der Waals surface area contributed by atoms with Crippen LogP contribution in [0.3, 0.4) is 0 Å². The fourth-order valence-electron chi connectivity index (χ4n) is 2.78. The first kappa shape index (κ1) is 23.4. The van der Waals surface area contributed by atoms with Gasteiger partial charge in [-0.2, -0.15) is 13.2 Å². The fourth-order valence-corrected chi connectivity index (χ4v) is 2.78. The molecule has 3 rings (SSSR count). The summed E-state index contributed by atoms with van der Waals surface area (Å²) in [7, 11) is 0. The van der Waals surface area contributed by atoms with E-state index in [9.17, 15) is 27.6 Å². The molecular formula is C22H19F3N4O4. The van der Waals surface area contributed by atoms with Crippen LogP contribution in [0.4, 0.5) is 29.3 Å². The maximum Gasteiger partial charge on any atom is 0.418 e. The summed E-state index contributed by atoms with van der Waals surface area (Å²) < 4.78 is 44.0. The van der Waals surface area contributed by atoms with E-state index >= 15 is 0 Å². The van der Waals surface area contributed by atoms with Gasteiger partial charge < -0.3 is 25.7 Å². The van der Waals surface area contributed by atoms with Gasteiger partial charge in [-0.1, -0.05) is 12.1 Å². The highest BCUT2D eigenvalue weighted by Crippen LogP contribution is 2.34. The molecule has 0 atom stereocenters. The van der Waals surface area contributed by atoms with Gasteiger partial charge in [0.2, 0.25) is 0 Å². The summed E-state index contributed by atoms with van der Waals surface area (Å²) >= 11 is 0. The van der Waals surface area contributed by atoms with E-state index in [4.69, 9.17) is 4.42 Å². The lowest BCUT2D eigenvalue weighted by Gasteiger charge is -2.14. The number of benzene rings is 2. The molecule has 0 bridgehead atoms. The number of carbonyl (C=O) groups excluding carboxylic acids is 3. The molecule has 0 fully saturated rings. The number of anilines is 2. The predicted octanol–water partition coefficient (Wildman–Crippen LogP) is 4.10. The van der Waals surface area contributed by atoms with E-state index in [-0.39, 0.29) is 30.2 Å². The number of hydrogen-bond acceptors (Lipinski definition) is 4. The van der Waals surface area contributed by atoms with Crippen LogP contribution >= 0.6 is 0 Å². The molecule has 0 saturated heterocycles. The number of amides is 4. The number of para-hydroxylation sites is 1. The van der Waals surface area contributed by atoms with Gasteiger partial charge in [-0.3, -0.25) is 9.59 Å². The topological polar surface area (TPSA) is 112 Å². The molecule has 4 amide bonds. The number of urea groups is 1. The maximum atomic E-state index is 13.0. The zero-order valence-electron chi connectivity index (χ0n) is 17.0. The maximum absolute atomic E-state index is 13.0. The van der Waals surface area contributed by atoms with Crippen molar-refractivity contribution in [3.8, 4) is 0 Å². The van der Waals surface area contributed by atoms with Gasteiger partial charge in [0.05, 0.1) is 17.5 Å². The first-order chi connectivity index (χ1) is 15.7. The van der Waals surface area contributed by atoms with E-state index in [0.29, 0.717) is 5.56 Å². The first-order valence-corrected chi connectivity index (χ1v) is 9.68. The Hall–Kier alpha value is -4.28. The molecule has 1 aromatic heterocycles. The van der Waals surface area contributed by atoms with Crippen LogP contribution in [0.15, 0.2) is 71.3 Å². The standard InChI is InChI=1S/C22H19F3N4O4/c23-22(24,25)16-4-1-2-5-17(16)29-21(32)28-15-9-7-14(8-10-15)19(30)26-11-12-27-20(31)18-6-3-13-33-18/h1-10,13H,11-12H2,(H,26,30)(H,27,31)(H2,28,29,32). The zero-order chi connectivity index (χ0) is 23.8. The average molecular weight is 460 g/mol. The minimum absolute atomic E-state index is 0.162. The van der Waals surface area contributed by atoms with Gasteiger partial charge in [-0.05, 0) is 48.5 Å². The smallest absolute Gasteiger partial charge is 0.418 e. The average Bonchev–Trinajstić information content (AvgIpc) is 3.31. The van der Waals surface area contributed by atoms with Crippen molar-refractivity contribution in [1.29, 1.82) is 0 Å². The van der Waals surface area contributed by atoms with Crippen molar-refractivity contribution >= 4 is 29.2 Å². The molecule has 0 spiro atoms. The van der Waals surface area contributed by atoms with Crippen LogP contribution in [0.1, 0.15) is 26.5 Å². The molecule has 11 heteroatoms. The summed E-state index contributed by atoms with van der Waals surface area (Å²) in [4.78, 5) is 36.0. The largest absolute Gasteiger partial charge is 0.459 e. The van der Waals surface area contributed by atoms with E-state index in [2.05, 4.69) is 21.3 Å². The van der Waals surface area contributed by atoms with Crippen molar-refractivity contribution in [2.45, 2.75) is 6.18 Å². The third kappa shape index (κ3) is 6.60. The van der Waals surface area contributed by atoms with Crippen LogP contribution in [0.5, 0.6) is 0 Å². The molecule has 0 unspecified atom stereocenters. The summed E-state index contributed by atoms with van der Waals surface area (Å²) in [5, 5.41) is 9.78. The SMILES string of the molecule is O=C(Nc1ccc(C(=O)NCCNC(=O)c2ccco2)cc1)Nc1ccccc1C(F)(F)F. The summed E-state index contributed by atoms with van der Waals surface area (Å²) in [6.07, 6.45) is -3.24. The van der Waals surface area contributed by atoms with Crippen LogP contribution in [0, 0.1) is 0 Å². The van der Waals surface area contributed by atoms with Crippen LogP contribution in [0.2, 0.25) is 0 Å². The molecule has 0 aliphatic rings. The Labute approximate surface area is 186 Å². The second kappa shape index (κ2) is 10.4. The summed E-state index contributed by atoms with van der Waals surface area (Å²) in [6, 6.07) is 12.6. The number of nitrogens with one attached hydrogen (secondary N) is 4. The van der Waals surface area contributed by atoms with Crippen LogP contribution in [-0.4, -0.2) is 30.9 Å². The van der Waals surface area contributed by atoms with Crippen molar-refractivity contribution in [3.05, 3.63) is 83.8 Å². The number of alkyl halides is 3. The quantitative estimate of drug-likeness (QED) is 0.398. The van der Waals surface area contributed by atoms with Crippen molar-refractivity contribution in [3.63, 3.8) is 0 Å². The molecule has 2 aromatic carbocycles. The van der Waals surface area contributed by atoms with E-state index in [1.54, 1.807) is 6.07 Å². The van der Waals surface area contributed by atoms with Crippen molar-refractivity contribution < 1.29 is 32.0 Å². The van der Waals surface area contributed by atoms with Crippen LogP contribution < -0.4 is 21.3 Å². The van der Waals surface area contributed by atoms with E-state index in [1.807, 2.05) is 0 Å². The van der Waals surface area contributed by atoms with Crippen LogP contribution in [0.25, 0.3) is 0 Å². The highest BCUT2D eigenvalue weighted by molar-refractivity contribution is 6.01. The summed E-state index contributed by atoms with van der Waals surface area (Å²) in [6.45, 7) is 0.358. The lowest BCUT2D eigenvalue weighted by atomic mass is 10.1. The molecule has 3 aromatic rings.